The fraction of sp³-hybridized carbons (Fsp3) is 0.0556. The van der Waals surface area contributed by atoms with E-state index in [1.54, 1.807) is 0 Å². The standard InChI is InChI=1S/C54H38N4/c1-54(2)46-24-14-12-22-42(46)44-33-45-43-23-13-15-25-48(43)58(50(45)34-47(44)54)49-32-40(30-31-41(49)37-18-8-4-9-19-37)53-56-51(38-20-10-5-11-21-38)55-52(57-53)39-28-26-36(27-29-39)35-16-6-3-7-17-35/h3-34H,1-2H3. The van der Waals surface area contributed by atoms with E-state index in [-0.39, 0.29) is 5.41 Å². The zero-order valence-corrected chi connectivity index (χ0v) is 32.3. The smallest absolute Gasteiger partial charge is 0.164 e. The molecular weight excluding hydrogens is 705 g/mol. The number of nitrogens with zero attached hydrogens (tertiary/aromatic N) is 4. The average molecular weight is 743 g/mol. The molecule has 0 N–H and O–H groups in total. The number of fused-ring (bicyclic) bond motifs is 6. The van der Waals surface area contributed by atoms with Crippen LogP contribution in [-0.2, 0) is 5.41 Å². The van der Waals surface area contributed by atoms with Crippen LogP contribution in [0.3, 0.4) is 0 Å². The summed E-state index contributed by atoms with van der Waals surface area (Å²) in [5.41, 5.74) is 16.0. The molecule has 0 spiro atoms. The summed E-state index contributed by atoms with van der Waals surface area (Å²) in [6, 6.07) is 69.0. The number of para-hydroxylation sites is 1. The van der Waals surface area contributed by atoms with Crippen LogP contribution in [-0.4, -0.2) is 19.5 Å². The van der Waals surface area contributed by atoms with Crippen LogP contribution >= 0.6 is 0 Å². The van der Waals surface area contributed by atoms with E-state index in [0.717, 1.165) is 44.6 Å². The Morgan fingerprint density at radius 1 is 0.345 bits per heavy atom. The molecule has 4 nitrogen and oxygen atoms in total. The molecule has 0 saturated heterocycles. The second-order valence-electron chi connectivity index (χ2n) is 15.7. The first-order valence-electron chi connectivity index (χ1n) is 19.9. The van der Waals surface area contributed by atoms with E-state index in [1.807, 2.05) is 24.3 Å². The van der Waals surface area contributed by atoms with E-state index in [9.17, 15) is 0 Å². The molecule has 1 aliphatic carbocycles. The third-order valence-electron chi connectivity index (χ3n) is 11.9. The predicted octanol–water partition coefficient (Wildman–Crippen LogP) is 13.6. The summed E-state index contributed by atoms with van der Waals surface area (Å²) in [5.74, 6) is 1.89. The molecule has 11 rings (SSSR count). The summed E-state index contributed by atoms with van der Waals surface area (Å²) in [6.07, 6.45) is 0. The lowest BCUT2D eigenvalue weighted by molar-refractivity contribution is 0.661. The number of aromatic nitrogens is 4. The summed E-state index contributed by atoms with van der Waals surface area (Å²) in [6.45, 7) is 4.70. The Morgan fingerprint density at radius 2 is 0.862 bits per heavy atom. The van der Waals surface area contributed by atoms with Gasteiger partial charge in [0.1, 0.15) is 0 Å². The van der Waals surface area contributed by atoms with E-state index in [1.165, 1.54) is 44.1 Å². The Kier molecular flexibility index (Phi) is 7.80. The Balaban J connectivity index is 1.14. The number of hydrogen-bond acceptors (Lipinski definition) is 3. The Labute approximate surface area is 337 Å². The summed E-state index contributed by atoms with van der Waals surface area (Å²) in [7, 11) is 0. The minimum absolute atomic E-state index is 0.139. The van der Waals surface area contributed by atoms with E-state index in [4.69, 9.17) is 15.0 Å². The predicted molar refractivity (Wildman–Crippen MR) is 239 cm³/mol. The van der Waals surface area contributed by atoms with Crippen LogP contribution in [0.15, 0.2) is 194 Å². The monoisotopic (exact) mass is 742 g/mol. The first kappa shape index (κ1) is 33.9. The molecule has 4 heteroatoms. The molecule has 1 aliphatic rings. The van der Waals surface area contributed by atoms with E-state index >= 15 is 0 Å². The molecule has 2 heterocycles. The van der Waals surface area contributed by atoms with Crippen LogP contribution in [0.1, 0.15) is 25.0 Å². The molecule has 10 aromatic rings. The first-order valence-corrected chi connectivity index (χ1v) is 19.9. The normalized spacial score (nSPS) is 12.8. The molecular formula is C54H38N4. The lowest BCUT2D eigenvalue weighted by Gasteiger charge is -2.22. The molecule has 8 aromatic carbocycles. The van der Waals surface area contributed by atoms with Gasteiger partial charge in [-0.1, -0.05) is 184 Å². The molecule has 274 valence electrons. The zero-order valence-electron chi connectivity index (χ0n) is 32.3. The van der Waals surface area contributed by atoms with Gasteiger partial charge in [0, 0.05) is 38.4 Å². The highest BCUT2D eigenvalue weighted by atomic mass is 15.0. The maximum Gasteiger partial charge on any atom is 0.164 e. The quantitative estimate of drug-likeness (QED) is 0.170. The van der Waals surface area contributed by atoms with Crippen molar-refractivity contribution in [2.24, 2.45) is 0 Å². The van der Waals surface area contributed by atoms with Crippen molar-refractivity contribution < 1.29 is 0 Å². The van der Waals surface area contributed by atoms with Crippen molar-refractivity contribution in [2.45, 2.75) is 19.3 Å². The second-order valence-corrected chi connectivity index (χ2v) is 15.7. The van der Waals surface area contributed by atoms with Gasteiger partial charge >= 0.3 is 0 Å². The maximum absolute atomic E-state index is 5.21. The van der Waals surface area contributed by atoms with Gasteiger partial charge in [-0.2, -0.15) is 0 Å². The summed E-state index contributed by atoms with van der Waals surface area (Å²) in [5, 5.41) is 2.46. The Bertz CT molecular complexity index is 3160. The average Bonchev–Trinajstić information content (AvgIpc) is 3.73. The van der Waals surface area contributed by atoms with Gasteiger partial charge in [-0.05, 0) is 63.2 Å². The van der Waals surface area contributed by atoms with Gasteiger partial charge in [0.05, 0.1) is 16.7 Å². The molecule has 0 fully saturated rings. The Morgan fingerprint density at radius 3 is 1.57 bits per heavy atom. The van der Waals surface area contributed by atoms with Gasteiger partial charge in [-0.15, -0.1) is 0 Å². The van der Waals surface area contributed by atoms with Gasteiger partial charge in [0.25, 0.3) is 0 Å². The highest BCUT2D eigenvalue weighted by Crippen LogP contribution is 2.51. The highest BCUT2D eigenvalue weighted by molar-refractivity contribution is 6.12. The molecule has 0 aliphatic heterocycles. The van der Waals surface area contributed by atoms with Crippen LogP contribution in [0.4, 0.5) is 0 Å². The van der Waals surface area contributed by atoms with Crippen LogP contribution in [0.2, 0.25) is 0 Å². The van der Waals surface area contributed by atoms with Gasteiger partial charge in [0.2, 0.25) is 0 Å². The molecule has 0 unspecified atom stereocenters. The molecule has 0 amide bonds. The molecule has 0 saturated carbocycles. The van der Waals surface area contributed by atoms with Crippen molar-refractivity contribution in [1.29, 1.82) is 0 Å². The number of rotatable bonds is 6. The van der Waals surface area contributed by atoms with Gasteiger partial charge in [-0.25, -0.2) is 15.0 Å². The van der Waals surface area contributed by atoms with Crippen molar-refractivity contribution >= 4 is 21.8 Å². The highest BCUT2D eigenvalue weighted by Gasteiger charge is 2.36. The molecule has 0 atom stereocenters. The molecule has 0 bridgehead atoms. The first-order chi connectivity index (χ1) is 28.5. The number of hydrogen-bond donors (Lipinski definition) is 0. The van der Waals surface area contributed by atoms with E-state index in [0.29, 0.717) is 17.5 Å². The second kappa shape index (κ2) is 13.4. The van der Waals surface area contributed by atoms with Crippen molar-refractivity contribution in [1.82, 2.24) is 19.5 Å². The van der Waals surface area contributed by atoms with Crippen LogP contribution < -0.4 is 0 Å². The van der Waals surface area contributed by atoms with E-state index < -0.39 is 0 Å². The third-order valence-corrected chi connectivity index (χ3v) is 11.9. The van der Waals surface area contributed by atoms with Crippen LogP contribution in [0.25, 0.3) is 95.0 Å². The summed E-state index contributed by atoms with van der Waals surface area (Å²) < 4.78 is 2.46. The SMILES string of the molecule is CC1(C)c2ccccc2-c2cc3c4ccccc4n(-c4cc(-c5nc(-c6ccccc6)nc(-c6ccc(-c7ccccc7)cc6)n5)ccc4-c4ccccc4)c3cc21. The third kappa shape index (κ3) is 5.48. The summed E-state index contributed by atoms with van der Waals surface area (Å²) in [4.78, 5) is 15.4. The van der Waals surface area contributed by atoms with Crippen molar-refractivity contribution in [3.05, 3.63) is 205 Å². The minimum atomic E-state index is -0.139. The zero-order chi connectivity index (χ0) is 38.8. The van der Waals surface area contributed by atoms with Gasteiger partial charge < -0.3 is 4.57 Å². The van der Waals surface area contributed by atoms with Gasteiger partial charge in [-0.3, -0.25) is 0 Å². The van der Waals surface area contributed by atoms with Crippen molar-refractivity contribution in [3.63, 3.8) is 0 Å². The molecule has 2 aromatic heterocycles. The topological polar surface area (TPSA) is 43.6 Å². The lowest BCUT2D eigenvalue weighted by atomic mass is 9.82. The van der Waals surface area contributed by atoms with E-state index in [2.05, 4.69) is 188 Å². The summed E-state index contributed by atoms with van der Waals surface area (Å²) >= 11 is 0. The minimum Gasteiger partial charge on any atom is -0.309 e. The van der Waals surface area contributed by atoms with Crippen molar-refractivity contribution in [3.8, 4) is 73.2 Å². The van der Waals surface area contributed by atoms with Crippen LogP contribution in [0, 0.1) is 0 Å². The fourth-order valence-corrected chi connectivity index (χ4v) is 8.93. The number of benzene rings is 8. The fourth-order valence-electron chi connectivity index (χ4n) is 8.93. The largest absolute Gasteiger partial charge is 0.309 e. The van der Waals surface area contributed by atoms with Crippen molar-refractivity contribution in [2.75, 3.05) is 0 Å². The maximum atomic E-state index is 5.21. The van der Waals surface area contributed by atoms with Gasteiger partial charge in [0.15, 0.2) is 17.5 Å². The molecule has 0 radical (unpaired) electrons. The van der Waals surface area contributed by atoms with Crippen LogP contribution in [0.5, 0.6) is 0 Å². The molecule has 58 heavy (non-hydrogen) atoms. The Hall–Kier alpha value is -7.43. The lowest BCUT2D eigenvalue weighted by Crippen LogP contribution is -2.15.